The molecule has 0 saturated carbocycles. The summed E-state index contributed by atoms with van der Waals surface area (Å²) in [6.07, 6.45) is -0.735. The van der Waals surface area contributed by atoms with Crippen molar-refractivity contribution in [2.45, 2.75) is 19.6 Å². The number of aryl methyl sites for hydroxylation is 1. The number of nitrogens with one attached hydrogen (secondary N) is 1. The molecule has 1 aliphatic heterocycles. The number of benzene rings is 1. The zero-order chi connectivity index (χ0) is 20.8. The van der Waals surface area contributed by atoms with Gasteiger partial charge in [0, 0.05) is 38.8 Å². The molecule has 2 aromatic rings. The van der Waals surface area contributed by atoms with Gasteiger partial charge in [-0.3, -0.25) is 14.6 Å². The Labute approximate surface area is 167 Å². The molecule has 0 aliphatic carbocycles. The van der Waals surface area contributed by atoms with E-state index in [-0.39, 0.29) is 18.2 Å². The highest BCUT2D eigenvalue weighted by Gasteiger charge is 2.22. The molecule has 1 atom stereocenters. The van der Waals surface area contributed by atoms with Gasteiger partial charge in [-0.25, -0.2) is 0 Å². The summed E-state index contributed by atoms with van der Waals surface area (Å²) in [5, 5.41) is 16.8. The number of aromatic nitrogens is 1. The summed E-state index contributed by atoms with van der Waals surface area (Å²) in [4.78, 5) is 16.2. The maximum absolute atomic E-state index is 12.2. The third-order valence-electron chi connectivity index (χ3n) is 4.65. The number of aliphatic hydroxyl groups excluding tert-OH is 1. The van der Waals surface area contributed by atoms with Crippen LogP contribution in [0, 0.1) is 6.92 Å². The first-order valence-corrected chi connectivity index (χ1v) is 9.30. The summed E-state index contributed by atoms with van der Waals surface area (Å²) >= 11 is 0. The van der Waals surface area contributed by atoms with Crippen LogP contribution in [0.25, 0.3) is 0 Å². The molecule has 0 radical (unpaired) electrons. The first-order chi connectivity index (χ1) is 13.9. The first-order valence-electron chi connectivity index (χ1n) is 9.30. The van der Waals surface area contributed by atoms with Crippen molar-refractivity contribution in [3.63, 3.8) is 0 Å². The number of aliphatic hydroxyl groups is 1. The molecular formula is C19H24F2N4O4. The Morgan fingerprint density at radius 3 is 2.48 bits per heavy atom. The van der Waals surface area contributed by atoms with Crippen molar-refractivity contribution in [2.24, 2.45) is 0 Å². The van der Waals surface area contributed by atoms with Crippen LogP contribution in [0.1, 0.15) is 17.4 Å². The monoisotopic (exact) mass is 410 g/mol. The van der Waals surface area contributed by atoms with E-state index in [9.17, 15) is 18.7 Å². The summed E-state index contributed by atoms with van der Waals surface area (Å²) in [6, 6.07) is 7.64. The molecule has 1 saturated heterocycles. The average molecular weight is 410 g/mol. The van der Waals surface area contributed by atoms with E-state index in [4.69, 9.17) is 4.52 Å². The van der Waals surface area contributed by atoms with Crippen molar-refractivity contribution >= 4 is 11.7 Å². The summed E-state index contributed by atoms with van der Waals surface area (Å²) in [5.74, 6) is 0.935. The van der Waals surface area contributed by atoms with Crippen LogP contribution in [0.3, 0.4) is 0 Å². The fourth-order valence-corrected chi connectivity index (χ4v) is 3.16. The molecule has 1 amide bonds. The maximum Gasteiger partial charge on any atom is 0.387 e. The van der Waals surface area contributed by atoms with Gasteiger partial charge in [-0.1, -0.05) is 17.3 Å². The molecule has 1 unspecified atom stereocenters. The van der Waals surface area contributed by atoms with Crippen molar-refractivity contribution < 1.29 is 27.9 Å². The standard InChI is InChI=1S/C19H24F2N4O4/c1-13-10-17(23-29-13)22-18(27)12-25-8-6-24(7-9-25)11-16(26)14-2-4-15(5-3-14)28-19(20)21/h2-5,10,16,19,26H,6-9,11-12H2,1H3,(H,22,23,27). The Bertz CT molecular complexity index is 792. The van der Waals surface area contributed by atoms with Gasteiger partial charge < -0.3 is 19.7 Å². The molecule has 1 aliphatic rings. The van der Waals surface area contributed by atoms with Crippen molar-refractivity contribution in [2.75, 3.05) is 44.6 Å². The number of rotatable bonds is 8. The van der Waals surface area contributed by atoms with Crippen LogP contribution < -0.4 is 10.1 Å². The molecule has 10 heteroatoms. The number of hydrogen-bond donors (Lipinski definition) is 2. The van der Waals surface area contributed by atoms with E-state index >= 15 is 0 Å². The van der Waals surface area contributed by atoms with E-state index < -0.39 is 12.7 Å². The topological polar surface area (TPSA) is 91.1 Å². The van der Waals surface area contributed by atoms with Gasteiger partial charge in [0.2, 0.25) is 5.91 Å². The largest absolute Gasteiger partial charge is 0.435 e. The Morgan fingerprint density at radius 1 is 1.24 bits per heavy atom. The smallest absolute Gasteiger partial charge is 0.387 e. The van der Waals surface area contributed by atoms with E-state index in [1.54, 1.807) is 25.1 Å². The van der Waals surface area contributed by atoms with Crippen molar-refractivity contribution in [3.8, 4) is 5.75 Å². The zero-order valence-corrected chi connectivity index (χ0v) is 16.1. The van der Waals surface area contributed by atoms with Gasteiger partial charge in [-0.2, -0.15) is 8.78 Å². The van der Waals surface area contributed by atoms with Gasteiger partial charge in [0.15, 0.2) is 5.82 Å². The summed E-state index contributed by atoms with van der Waals surface area (Å²) in [7, 11) is 0. The number of halogens is 2. The van der Waals surface area contributed by atoms with Gasteiger partial charge in [-0.15, -0.1) is 0 Å². The second-order valence-electron chi connectivity index (χ2n) is 6.91. The summed E-state index contributed by atoms with van der Waals surface area (Å²) in [6.45, 7) is 2.37. The second-order valence-corrected chi connectivity index (χ2v) is 6.91. The highest BCUT2D eigenvalue weighted by molar-refractivity contribution is 5.91. The average Bonchev–Trinajstić information content (AvgIpc) is 3.08. The Morgan fingerprint density at radius 2 is 1.90 bits per heavy atom. The molecule has 0 bridgehead atoms. The molecule has 0 spiro atoms. The van der Waals surface area contributed by atoms with Crippen LogP contribution in [0.15, 0.2) is 34.9 Å². The number of carbonyl (C=O) groups is 1. The normalized spacial score (nSPS) is 16.7. The quantitative estimate of drug-likeness (QED) is 0.687. The van der Waals surface area contributed by atoms with Crippen molar-refractivity contribution in [3.05, 3.63) is 41.7 Å². The van der Waals surface area contributed by atoms with Crippen LogP contribution in [0.5, 0.6) is 5.75 Å². The number of amides is 1. The van der Waals surface area contributed by atoms with Gasteiger partial charge >= 0.3 is 6.61 Å². The lowest BCUT2D eigenvalue weighted by Crippen LogP contribution is -2.49. The molecule has 1 aromatic carbocycles. The minimum atomic E-state index is -2.87. The molecule has 158 valence electrons. The van der Waals surface area contributed by atoms with Crippen LogP contribution in [0.2, 0.25) is 0 Å². The molecule has 3 rings (SSSR count). The van der Waals surface area contributed by atoms with Crippen molar-refractivity contribution in [1.29, 1.82) is 0 Å². The van der Waals surface area contributed by atoms with E-state index in [0.29, 0.717) is 49.9 Å². The molecule has 8 nitrogen and oxygen atoms in total. The first kappa shape index (κ1) is 21.2. The summed E-state index contributed by atoms with van der Waals surface area (Å²) in [5.41, 5.74) is 0.635. The van der Waals surface area contributed by atoms with Crippen LogP contribution >= 0.6 is 0 Å². The van der Waals surface area contributed by atoms with E-state index in [2.05, 4.69) is 20.1 Å². The minimum Gasteiger partial charge on any atom is -0.435 e. The number of hydrogen-bond acceptors (Lipinski definition) is 7. The predicted octanol–water partition coefficient (Wildman–Crippen LogP) is 1.87. The second kappa shape index (κ2) is 9.77. The molecular weight excluding hydrogens is 386 g/mol. The minimum absolute atomic E-state index is 0.0589. The van der Waals surface area contributed by atoms with Crippen molar-refractivity contribution in [1.82, 2.24) is 15.0 Å². The number of anilines is 1. The van der Waals surface area contributed by atoms with E-state index in [0.717, 1.165) is 0 Å². The van der Waals surface area contributed by atoms with E-state index in [1.165, 1.54) is 12.1 Å². The molecule has 2 N–H and O–H groups in total. The number of alkyl halides is 2. The third-order valence-corrected chi connectivity index (χ3v) is 4.65. The van der Waals surface area contributed by atoms with Gasteiger partial charge in [0.05, 0.1) is 12.6 Å². The van der Waals surface area contributed by atoms with Crippen LogP contribution in [-0.2, 0) is 4.79 Å². The lowest BCUT2D eigenvalue weighted by atomic mass is 10.1. The zero-order valence-electron chi connectivity index (χ0n) is 16.1. The molecule has 29 heavy (non-hydrogen) atoms. The SMILES string of the molecule is Cc1cc(NC(=O)CN2CCN(CC(O)c3ccc(OC(F)F)cc3)CC2)no1. The Kier molecular flexibility index (Phi) is 7.13. The molecule has 1 aromatic heterocycles. The lowest BCUT2D eigenvalue weighted by Gasteiger charge is -2.35. The number of nitrogens with zero attached hydrogens (tertiary/aromatic N) is 3. The predicted molar refractivity (Wildman–Crippen MR) is 101 cm³/mol. The fourth-order valence-electron chi connectivity index (χ4n) is 3.16. The number of piperazine rings is 1. The van der Waals surface area contributed by atoms with Gasteiger partial charge in [0.25, 0.3) is 0 Å². The number of carbonyl (C=O) groups excluding carboxylic acids is 1. The van der Waals surface area contributed by atoms with Crippen LogP contribution in [0.4, 0.5) is 14.6 Å². The van der Waals surface area contributed by atoms with Gasteiger partial charge in [-0.05, 0) is 24.6 Å². The Hall–Kier alpha value is -2.56. The lowest BCUT2D eigenvalue weighted by molar-refractivity contribution is -0.117. The fraction of sp³-hybridized carbons (Fsp3) is 0.474. The number of ether oxygens (including phenoxy) is 1. The molecule has 2 heterocycles. The van der Waals surface area contributed by atoms with Crippen LogP contribution in [-0.4, -0.2) is 71.9 Å². The van der Waals surface area contributed by atoms with E-state index in [1.807, 2.05) is 4.90 Å². The third kappa shape index (κ3) is 6.48. The maximum atomic E-state index is 12.2. The highest BCUT2D eigenvalue weighted by Crippen LogP contribution is 2.20. The number of β-amino-alcohol motifs (C(OH)–C–C–N with tert-alkyl or cyclic N) is 1. The Balaban J connectivity index is 1.40. The highest BCUT2D eigenvalue weighted by atomic mass is 19.3. The summed E-state index contributed by atoms with van der Waals surface area (Å²) < 4.78 is 33.6. The van der Waals surface area contributed by atoms with Gasteiger partial charge in [0.1, 0.15) is 11.5 Å². The molecule has 1 fully saturated rings.